The Kier molecular flexibility index (Phi) is 3.99. The van der Waals surface area contributed by atoms with Gasteiger partial charge >= 0.3 is 5.97 Å². The van der Waals surface area contributed by atoms with Gasteiger partial charge in [0.25, 0.3) is 0 Å². The number of aromatic nitrogens is 1. The number of para-hydroxylation sites is 1. The van der Waals surface area contributed by atoms with Gasteiger partial charge in [0, 0.05) is 16.5 Å². The number of carbonyl (C=O) groups is 2. The van der Waals surface area contributed by atoms with Crippen molar-refractivity contribution in [1.82, 2.24) is 4.98 Å². The van der Waals surface area contributed by atoms with E-state index in [1.54, 1.807) is 0 Å². The van der Waals surface area contributed by atoms with Crippen molar-refractivity contribution < 1.29 is 19.5 Å². The molecule has 112 valence electrons. The van der Waals surface area contributed by atoms with Crippen molar-refractivity contribution in [2.24, 2.45) is 0 Å². The summed E-state index contributed by atoms with van der Waals surface area (Å²) in [7, 11) is 0. The Morgan fingerprint density at radius 3 is 2.62 bits per heavy atom. The highest BCUT2D eigenvalue weighted by atomic mass is 16.7. The molecule has 2 N–H and O–H groups in total. The maximum atomic E-state index is 11.3. The fourth-order valence-electron chi connectivity index (χ4n) is 2.12. The van der Waals surface area contributed by atoms with Crippen LogP contribution in [0.1, 0.15) is 26.3 Å². The summed E-state index contributed by atoms with van der Waals surface area (Å²) in [6, 6.07) is 7.29. The highest BCUT2D eigenvalue weighted by molar-refractivity contribution is 5.94. The van der Waals surface area contributed by atoms with Gasteiger partial charge in [0.15, 0.2) is 0 Å². The van der Waals surface area contributed by atoms with E-state index in [9.17, 15) is 9.59 Å². The fourth-order valence-corrected chi connectivity index (χ4v) is 2.12. The number of amides is 1. The molecule has 0 radical (unpaired) electrons. The maximum Gasteiger partial charge on any atom is 0.307 e. The zero-order valence-corrected chi connectivity index (χ0v) is 12.2. The summed E-state index contributed by atoms with van der Waals surface area (Å²) < 4.78 is 0. The Hall–Kier alpha value is -2.34. The van der Waals surface area contributed by atoms with Crippen LogP contribution >= 0.6 is 0 Å². The van der Waals surface area contributed by atoms with Gasteiger partial charge in [0.1, 0.15) is 5.82 Å². The minimum Gasteiger partial charge on any atom is -0.481 e. The largest absolute Gasteiger partial charge is 0.481 e. The summed E-state index contributed by atoms with van der Waals surface area (Å²) in [6.45, 7) is 5.43. The van der Waals surface area contributed by atoms with E-state index < -0.39 is 11.6 Å². The maximum absolute atomic E-state index is 11.3. The zero-order chi connectivity index (χ0) is 15.6. The second-order valence-electron chi connectivity index (χ2n) is 5.70. The van der Waals surface area contributed by atoms with Crippen LogP contribution in [0.25, 0.3) is 10.9 Å². The van der Waals surface area contributed by atoms with Gasteiger partial charge in [0.2, 0.25) is 6.41 Å². The van der Waals surface area contributed by atoms with Gasteiger partial charge in [-0.05, 0) is 26.8 Å². The number of nitrogens with zero attached hydrogens (tertiary/aromatic N) is 1. The standard InChI is InChI=1S/C15H18N2O4/c1-15(2,3)21-17(9-18)14-11(8-13(19)20)10-6-4-5-7-12(10)16-14/h4-7,9,16H,8H2,1-3H3,(H,19,20). The predicted molar refractivity (Wildman–Crippen MR) is 79.0 cm³/mol. The Morgan fingerprint density at radius 1 is 1.38 bits per heavy atom. The lowest BCUT2D eigenvalue weighted by molar-refractivity contribution is -0.136. The molecule has 1 aromatic carbocycles. The van der Waals surface area contributed by atoms with E-state index in [0.717, 1.165) is 16.0 Å². The molecule has 1 aromatic heterocycles. The molecule has 1 heterocycles. The van der Waals surface area contributed by atoms with Gasteiger partial charge in [-0.2, -0.15) is 5.06 Å². The van der Waals surface area contributed by atoms with Crippen LogP contribution in [0.4, 0.5) is 5.82 Å². The number of rotatable bonds is 5. The highest BCUT2D eigenvalue weighted by Crippen LogP contribution is 2.30. The lowest BCUT2D eigenvalue weighted by Gasteiger charge is -2.26. The molecule has 6 heteroatoms. The third-order valence-corrected chi connectivity index (χ3v) is 2.81. The number of carboxylic acid groups (broad SMARTS) is 1. The van der Waals surface area contributed by atoms with Gasteiger partial charge in [-0.25, -0.2) is 0 Å². The molecular weight excluding hydrogens is 272 g/mol. The number of hydroxylamine groups is 1. The van der Waals surface area contributed by atoms with E-state index in [2.05, 4.69) is 4.98 Å². The molecular formula is C15H18N2O4. The first-order chi connectivity index (χ1) is 9.81. The predicted octanol–water partition coefficient (Wildman–Crippen LogP) is 2.49. The number of carboxylic acids is 1. The zero-order valence-electron chi connectivity index (χ0n) is 12.2. The summed E-state index contributed by atoms with van der Waals surface area (Å²) in [5.74, 6) is -0.619. The van der Waals surface area contributed by atoms with Gasteiger partial charge in [0.05, 0.1) is 12.0 Å². The Balaban J connectivity index is 2.55. The molecule has 0 atom stereocenters. The number of hydrogen-bond donors (Lipinski definition) is 2. The summed E-state index contributed by atoms with van der Waals surface area (Å²) in [5, 5.41) is 10.9. The van der Waals surface area contributed by atoms with Crippen molar-refractivity contribution in [3.05, 3.63) is 29.8 Å². The van der Waals surface area contributed by atoms with Crippen molar-refractivity contribution in [1.29, 1.82) is 0 Å². The monoisotopic (exact) mass is 290 g/mol. The van der Waals surface area contributed by atoms with Gasteiger partial charge in [-0.3, -0.25) is 14.4 Å². The number of carbonyl (C=O) groups excluding carboxylic acids is 1. The molecule has 0 unspecified atom stereocenters. The van der Waals surface area contributed by atoms with Crippen molar-refractivity contribution in [3.63, 3.8) is 0 Å². The first kappa shape index (κ1) is 15.1. The molecule has 2 aromatic rings. The van der Waals surface area contributed by atoms with Gasteiger partial charge in [-0.1, -0.05) is 18.2 Å². The van der Waals surface area contributed by atoms with Gasteiger partial charge < -0.3 is 10.1 Å². The summed E-state index contributed by atoms with van der Waals surface area (Å²) in [5.41, 5.74) is 0.696. The molecule has 0 saturated carbocycles. The van der Waals surface area contributed by atoms with Crippen LogP contribution in [0, 0.1) is 0 Å². The molecule has 0 aliphatic heterocycles. The Bertz CT molecular complexity index is 670. The van der Waals surface area contributed by atoms with Crippen LogP contribution < -0.4 is 5.06 Å². The number of fused-ring (bicyclic) bond motifs is 1. The van der Waals surface area contributed by atoms with Crippen LogP contribution in [0.3, 0.4) is 0 Å². The normalized spacial score (nSPS) is 11.6. The third kappa shape index (κ3) is 3.41. The number of benzene rings is 1. The molecule has 21 heavy (non-hydrogen) atoms. The lowest BCUT2D eigenvalue weighted by Crippen LogP contribution is -2.33. The van der Waals surface area contributed by atoms with Crippen molar-refractivity contribution in [2.45, 2.75) is 32.8 Å². The lowest BCUT2D eigenvalue weighted by atomic mass is 10.1. The number of hydrogen-bond acceptors (Lipinski definition) is 3. The minimum atomic E-state index is -0.970. The third-order valence-electron chi connectivity index (χ3n) is 2.81. The van der Waals surface area contributed by atoms with Crippen molar-refractivity contribution in [2.75, 3.05) is 5.06 Å². The SMILES string of the molecule is CC(C)(C)ON(C=O)c1[nH]c2ccccc2c1CC(=O)O. The minimum absolute atomic E-state index is 0.197. The number of anilines is 1. The van der Waals surface area contributed by atoms with E-state index in [1.807, 2.05) is 45.0 Å². The number of aromatic amines is 1. The van der Waals surface area contributed by atoms with Crippen LogP contribution in [-0.4, -0.2) is 28.1 Å². The van der Waals surface area contributed by atoms with Crippen LogP contribution in [-0.2, 0) is 20.8 Å². The molecule has 2 rings (SSSR count). The molecule has 6 nitrogen and oxygen atoms in total. The Morgan fingerprint density at radius 2 is 2.05 bits per heavy atom. The van der Waals surface area contributed by atoms with Crippen LogP contribution in [0.5, 0.6) is 0 Å². The van der Waals surface area contributed by atoms with Crippen LogP contribution in [0.15, 0.2) is 24.3 Å². The van der Waals surface area contributed by atoms with Gasteiger partial charge in [-0.15, -0.1) is 0 Å². The van der Waals surface area contributed by atoms with Crippen LogP contribution in [0.2, 0.25) is 0 Å². The first-order valence-corrected chi connectivity index (χ1v) is 6.57. The summed E-state index contributed by atoms with van der Waals surface area (Å²) in [6.07, 6.45) is 0.332. The number of H-pyrrole nitrogens is 1. The smallest absolute Gasteiger partial charge is 0.307 e. The molecule has 1 amide bonds. The quantitative estimate of drug-likeness (QED) is 0.654. The first-order valence-electron chi connectivity index (χ1n) is 6.57. The molecule has 0 bridgehead atoms. The average Bonchev–Trinajstić information content (AvgIpc) is 2.73. The summed E-state index contributed by atoms with van der Waals surface area (Å²) in [4.78, 5) is 31.0. The highest BCUT2D eigenvalue weighted by Gasteiger charge is 2.23. The fraction of sp³-hybridized carbons (Fsp3) is 0.333. The second kappa shape index (κ2) is 5.57. The number of aliphatic carboxylic acids is 1. The van der Waals surface area contributed by atoms with E-state index in [-0.39, 0.29) is 6.42 Å². The topological polar surface area (TPSA) is 82.6 Å². The average molecular weight is 290 g/mol. The number of nitrogens with one attached hydrogen (secondary N) is 1. The van der Waals surface area contributed by atoms with Crippen molar-refractivity contribution >= 4 is 29.1 Å². The molecule has 0 aliphatic carbocycles. The molecule has 0 saturated heterocycles. The van der Waals surface area contributed by atoms with Crippen molar-refractivity contribution in [3.8, 4) is 0 Å². The second-order valence-corrected chi connectivity index (χ2v) is 5.70. The van der Waals surface area contributed by atoms with E-state index in [1.165, 1.54) is 0 Å². The molecule has 0 fully saturated rings. The molecule has 0 spiro atoms. The van der Waals surface area contributed by atoms with E-state index in [4.69, 9.17) is 9.94 Å². The molecule has 0 aliphatic rings. The summed E-state index contributed by atoms with van der Waals surface area (Å²) >= 11 is 0. The Labute approximate surface area is 122 Å². The van der Waals surface area contributed by atoms with E-state index in [0.29, 0.717) is 17.8 Å². The van der Waals surface area contributed by atoms with E-state index >= 15 is 0 Å².